The number of aliphatic hydroxyl groups excluding tert-OH is 1. The van der Waals surface area contributed by atoms with Crippen LogP contribution in [0.25, 0.3) is 0 Å². The summed E-state index contributed by atoms with van der Waals surface area (Å²) in [6.45, 7) is 9.68. The number of amides is 3. The molecule has 2 aromatic carbocycles. The van der Waals surface area contributed by atoms with E-state index in [1.54, 1.807) is 6.92 Å². The van der Waals surface area contributed by atoms with Crippen molar-refractivity contribution in [2.45, 2.75) is 52.2 Å². The first-order valence-electron chi connectivity index (χ1n) is 10.2. The summed E-state index contributed by atoms with van der Waals surface area (Å²) in [6.07, 6.45) is -0.994. The van der Waals surface area contributed by atoms with Gasteiger partial charge in [-0.1, -0.05) is 55.8 Å². The zero-order valence-electron chi connectivity index (χ0n) is 18.2. The molecular formula is C24H30N2O4. The fourth-order valence-electron chi connectivity index (χ4n) is 3.67. The van der Waals surface area contributed by atoms with Crippen LogP contribution >= 0.6 is 0 Å². The number of carbonyl (C=O) groups is 2. The second-order valence-corrected chi connectivity index (χ2v) is 8.48. The minimum atomic E-state index is -1.15. The number of nitrogens with zero attached hydrogens (tertiary/aromatic N) is 1. The third-order valence-electron chi connectivity index (χ3n) is 5.58. The summed E-state index contributed by atoms with van der Waals surface area (Å²) < 4.78 is 5.69. The quantitative estimate of drug-likeness (QED) is 0.683. The van der Waals surface area contributed by atoms with Gasteiger partial charge >= 0.3 is 6.03 Å². The van der Waals surface area contributed by atoms with Gasteiger partial charge in [-0.15, -0.1) is 0 Å². The van der Waals surface area contributed by atoms with Crippen LogP contribution in [0.2, 0.25) is 0 Å². The molecule has 1 heterocycles. The number of nitrogens with one attached hydrogen (secondary N) is 1. The predicted octanol–water partition coefficient (Wildman–Crippen LogP) is 3.63. The largest absolute Gasteiger partial charge is 0.491 e. The SMILES string of the molecule is Cc1ccc(OCC(O)CN2C(=O)NC(C)(c3ccc(C(C)C)cc3)C2=O)c(C)c1. The van der Waals surface area contributed by atoms with E-state index in [9.17, 15) is 14.7 Å². The van der Waals surface area contributed by atoms with Crippen molar-refractivity contribution in [3.05, 3.63) is 64.7 Å². The highest BCUT2D eigenvalue weighted by atomic mass is 16.5. The average molecular weight is 411 g/mol. The number of aliphatic hydroxyl groups is 1. The van der Waals surface area contributed by atoms with E-state index in [-0.39, 0.29) is 19.1 Å². The monoisotopic (exact) mass is 410 g/mol. The highest BCUT2D eigenvalue weighted by Gasteiger charge is 2.49. The van der Waals surface area contributed by atoms with Crippen LogP contribution < -0.4 is 10.1 Å². The molecule has 3 rings (SSSR count). The molecule has 6 heteroatoms. The molecule has 30 heavy (non-hydrogen) atoms. The molecule has 2 unspecified atom stereocenters. The van der Waals surface area contributed by atoms with E-state index in [0.717, 1.165) is 21.6 Å². The topological polar surface area (TPSA) is 78.9 Å². The second kappa shape index (κ2) is 8.48. The molecule has 0 aliphatic carbocycles. The predicted molar refractivity (Wildman–Crippen MR) is 116 cm³/mol. The molecule has 0 spiro atoms. The van der Waals surface area contributed by atoms with Crippen molar-refractivity contribution in [3.8, 4) is 5.75 Å². The molecule has 1 aliphatic rings. The summed E-state index contributed by atoms with van der Waals surface area (Å²) in [4.78, 5) is 26.6. The number of urea groups is 1. The summed E-state index contributed by atoms with van der Waals surface area (Å²) in [5.41, 5.74) is 2.82. The highest BCUT2D eigenvalue weighted by Crippen LogP contribution is 2.30. The van der Waals surface area contributed by atoms with Crippen LogP contribution in [-0.2, 0) is 10.3 Å². The van der Waals surface area contributed by atoms with Crippen LogP contribution in [0.15, 0.2) is 42.5 Å². The third-order valence-corrected chi connectivity index (χ3v) is 5.58. The maximum absolute atomic E-state index is 13.0. The van der Waals surface area contributed by atoms with E-state index in [1.165, 1.54) is 0 Å². The Balaban J connectivity index is 1.66. The minimum Gasteiger partial charge on any atom is -0.491 e. The zero-order valence-corrected chi connectivity index (χ0v) is 18.2. The maximum Gasteiger partial charge on any atom is 0.325 e. The van der Waals surface area contributed by atoms with Gasteiger partial charge in [0.15, 0.2) is 0 Å². The molecule has 1 aliphatic heterocycles. The lowest BCUT2D eigenvalue weighted by Crippen LogP contribution is -2.42. The van der Waals surface area contributed by atoms with Crippen LogP contribution in [0.3, 0.4) is 0 Å². The Bertz CT molecular complexity index is 939. The van der Waals surface area contributed by atoms with Gasteiger partial charge in [0.25, 0.3) is 5.91 Å². The van der Waals surface area contributed by atoms with Gasteiger partial charge in [0.05, 0.1) is 6.54 Å². The standard InChI is InChI=1S/C24H30N2O4/c1-15(2)18-7-9-19(10-8-18)24(5)22(28)26(23(29)25-24)13-20(27)14-30-21-11-6-16(3)12-17(21)4/h6-12,15,20,27H,13-14H2,1-5H3,(H,25,29). The van der Waals surface area contributed by atoms with Gasteiger partial charge in [0, 0.05) is 0 Å². The Hall–Kier alpha value is -2.86. The molecule has 0 aromatic heterocycles. The number of hydrogen-bond donors (Lipinski definition) is 2. The van der Waals surface area contributed by atoms with Crippen molar-refractivity contribution in [2.24, 2.45) is 0 Å². The first-order valence-corrected chi connectivity index (χ1v) is 10.2. The fourth-order valence-corrected chi connectivity index (χ4v) is 3.67. The summed E-state index contributed by atoms with van der Waals surface area (Å²) in [7, 11) is 0. The summed E-state index contributed by atoms with van der Waals surface area (Å²) in [5, 5.41) is 13.2. The van der Waals surface area contributed by atoms with Crippen molar-refractivity contribution < 1.29 is 19.4 Å². The lowest BCUT2D eigenvalue weighted by Gasteiger charge is -2.23. The van der Waals surface area contributed by atoms with Gasteiger partial charge in [-0.2, -0.15) is 0 Å². The molecule has 2 aromatic rings. The number of β-amino-alcohol motifs (C(OH)–C–C–N with tert-alkyl or cyclic N) is 1. The third kappa shape index (κ3) is 4.33. The Morgan fingerprint density at radius 2 is 1.77 bits per heavy atom. The van der Waals surface area contributed by atoms with Crippen molar-refractivity contribution in [2.75, 3.05) is 13.2 Å². The van der Waals surface area contributed by atoms with Crippen LogP contribution in [0.4, 0.5) is 4.79 Å². The lowest BCUT2D eigenvalue weighted by atomic mass is 9.90. The molecule has 0 bridgehead atoms. The number of imide groups is 1. The average Bonchev–Trinajstić information content (AvgIpc) is 2.91. The van der Waals surface area contributed by atoms with E-state index in [1.807, 2.05) is 56.3 Å². The number of hydrogen-bond acceptors (Lipinski definition) is 4. The van der Waals surface area contributed by atoms with Gasteiger partial charge < -0.3 is 15.2 Å². The molecule has 6 nitrogen and oxygen atoms in total. The van der Waals surface area contributed by atoms with Crippen molar-refractivity contribution in [1.82, 2.24) is 10.2 Å². The van der Waals surface area contributed by atoms with Crippen LogP contribution in [0.5, 0.6) is 5.75 Å². The number of carbonyl (C=O) groups excluding carboxylic acids is 2. The molecule has 2 atom stereocenters. The van der Waals surface area contributed by atoms with Gasteiger partial charge in [0.1, 0.15) is 24.0 Å². The lowest BCUT2D eigenvalue weighted by molar-refractivity contribution is -0.132. The number of ether oxygens (including phenoxy) is 1. The van der Waals surface area contributed by atoms with Gasteiger partial charge in [-0.25, -0.2) is 4.79 Å². The summed E-state index contributed by atoms with van der Waals surface area (Å²) in [5.74, 6) is 0.673. The van der Waals surface area contributed by atoms with Gasteiger partial charge in [-0.05, 0) is 49.4 Å². The van der Waals surface area contributed by atoms with Crippen molar-refractivity contribution >= 4 is 11.9 Å². The Morgan fingerprint density at radius 1 is 1.10 bits per heavy atom. The Labute approximate surface area is 177 Å². The second-order valence-electron chi connectivity index (χ2n) is 8.48. The molecule has 0 saturated carbocycles. The molecule has 2 N–H and O–H groups in total. The highest BCUT2D eigenvalue weighted by molar-refractivity contribution is 6.07. The smallest absolute Gasteiger partial charge is 0.325 e. The van der Waals surface area contributed by atoms with Crippen LogP contribution in [-0.4, -0.2) is 41.2 Å². The summed E-state index contributed by atoms with van der Waals surface area (Å²) in [6, 6.07) is 13.0. The minimum absolute atomic E-state index is 0.0131. The van der Waals surface area contributed by atoms with E-state index < -0.39 is 17.7 Å². The van der Waals surface area contributed by atoms with Crippen molar-refractivity contribution in [1.29, 1.82) is 0 Å². The van der Waals surface area contributed by atoms with Crippen LogP contribution in [0, 0.1) is 13.8 Å². The molecular weight excluding hydrogens is 380 g/mol. The van der Waals surface area contributed by atoms with E-state index in [4.69, 9.17) is 4.74 Å². The van der Waals surface area contributed by atoms with Crippen LogP contribution in [0.1, 0.15) is 48.9 Å². The summed E-state index contributed by atoms with van der Waals surface area (Å²) >= 11 is 0. The van der Waals surface area contributed by atoms with Gasteiger partial charge in [-0.3, -0.25) is 9.69 Å². The Morgan fingerprint density at radius 3 is 2.37 bits per heavy atom. The van der Waals surface area contributed by atoms with E-state index >= 15 is 0 Å². The zero-order chi connectivity index (χ0) is 22.1. The first-order chi connectivity index (χ1) is 14.1. The maximum atomic E-state index is 13.0. The Kier molecular flexibility index (Phi) is 6.17. The molecule has 0 radical (unpaired) electrons. The normalized spacial score (nSPS) is 19.9. The number of aryl methyl sites for hydroxylation is 2. The van der Waals surface area contributed by atoms with E-state index in [2.05, 4.69) is 19.2 Å². The van der Waals surface area contributed by atoms with Crippen molar-refractivity contribution in [3.63, 3.8) is 0 Å². The number of benzene rings is 2. The molecule has 1 saturated heterocycles. The molecule has 3 amide bonds. The fraction of sp³-hybridized carbons (Fsp3) is 0.417. The van der Waals surface area contributed by atoms with E-state index in [0.29, 0.717) is 17.2 Å². The molecule has 160 valence electrons. The molecule has 1 fully saturated rings. The first kappa shape index (κ1) is 21.8. The van der Waals surface area contributed by atoms with Gasteiger partial charge in [0.2, 0.25) is 0 Å². The number of rotatable bonds is 7.